The number of nitrogen functional groups attached to an aromatic ring is 1. The largest absolute Gasteiger partial charge is 0.382 e. The van der Waals surface area contributed by atoms with Gasteiger partial charge in [-0.05, 0) is 20.3 Å². The molecule has 0 aromatic carbocycles. The number of rotatable bonds is 4. The Kier molecular flexibility index (Phi) is 4.03. The van der Waals surface area contributed by atoms with Gasteiger partial charge < -0.3 is 15.0 Å². The van der Waals surface area contributed by atoms with Crippen molar-refractivity contribution in [2.75, 3.05) is 25.4 Å². The lowest BCUT2D eigenvalue weighted by atomic mass is 10.2. The number of hydrogen-bond donors (Lipinski definition) is 1. The molecule has 1 aliphatic rings. The highest BCUT2D eigenvalue weighted by Gasteiger charge is 2.22. The van der Waals surface area contributed by atoms with E-state index in [-0.39, 0.29) is 0 Å². The summed E-state index contributed by atoms with van der Waals surface area (Å²) in [6.45, 7) is 8.09. The maximum absolute atomic E-state index is 5.80. The van der Waals surface area contributed by atoms with Crippen LogP contribution in [0.2, 0.25) is 0 Å². The zero-order valence-electron chi connectivity index (χ0n) is 12.6. The van der Waals surface area contributed by atoms with Crippen LogP contribution in [0.15, 0.2) is 12.7 Å². The fourth-order valence-electron chi connectivity index (χ4n) is 2.79. The first-order valence-electron chi connectivity index (χ1n) is 7.42. The minimum atomic E-state index is 0.322. The lowest BCUT2D eigenvalue weighted by molar-refractivity contribution is -0.0497. The smallest absolute Gasteiger partial charge is 0.165 e. The third-order valence-electron chi connectivity index (χ3n) is 4.01. The summed E-state index contributed by atoms with van der Waals surface area (Å²) >= 11 is 0. The van der Waals surface area contributed by atoms with E-state index >= 15 is 0 Å². The topological polar surface area (TPSA) is 82.1 Å². The van der Waals surface area contributed by atoms with E-state index in [9.17, 15) is 0 Å². The Labute approximate surface area is 124 Å². The molecule has 1 saturated heterocycles. The monoisotopic (exact) mass is 290 g/mol. The van der Waals surface area contributed by atoms with Gasteiger partial charge in [0, 0.05) is 25.7 Å². The molecule has 0 bridgehead atoms. The van der Waals surface area contributed by atoms with Crippen LogP contribution in [0, 0.1) is 0 Å². The van der Waals surface area contributed by atoms with Crippen molar-refractivity contribution in [3.05, 3.63) is 12.7 Å². The molecule has 0 amide bonds. The first-order chi connectivity index (χ1) is 10.1. The van der Waals surface area contributed by atoms with Crippen molar-refractivity contribution < 1.29 is 4.74 Å². The van der Waals surface area contributed by atoms with E-state index in [1.54, 1.807) is 6.33 Å². The Balaban J connectivity index is 1.60. The number of fused-ring (bicyclic) bond motifs is 1. The minimum absolute atomic E-state index is 0.322. The van der Waals surface area contributed by atoms with Crippen molar-refractivity contribution in [3.8, 4) is 0 Å². The average molecular weight is 290 g/mol. The number of morpholine rings is 1. The molecule has 7 nitrogen and oxygen atoms in total. The SMILES string of the molecule is CC1CN(CCCn2cnc3c(N)ncnc32)C(C)CO1. The fraction of sp³-hybridized carbons (Fsp3) is 0.643. The summed E-state index contributed by atoms with van der Waals surface area (Å²) in [5.74, 6) is 0.439. The van der Waals surface area contributed by atoms with Crippen LogP contribution < -0.4 is 5.73 Å². The average Bonchev–Trinajstić information content (AvgIpc) is 2.88. The van der Waals surface area contributed by atoms with E-state index in [1.165, 1.54) is 6.33 Å². The van der Waals surface area contributed by atoms with Crippen molar-refractivity contribution in [2.24, 2.45) is 0 Å². The van der Waals surface area contributed by atoms with Crippen molar-refractivity contribution in [1.82, 2.24) is 24.4 Å². The van der Waals surface area contributed by atoms with E-state index in [1.807, 2.05) is 4.57 Å². The molecular formula is C14H22N6O. The molecule has 2 aromatic rings. The predicted octanol–water partition coefficient (Wildman–Crippen LogP) is 0.908. The molecule has 2 unspecified atom stereocenters. The number of nitrogens with two attached hydrogens (primary N) is 1. The van der Waals surface area contributed by atoms with Crippen LogP contribution in [0.5, 0.6) is 0 Å². The molecule has 2 N–H and O–H groups in total. The second-order valence-electron chi connectivity index (χ2n) is 5.71. The van der Waals surface area contributed by atoms with Crippen molar-refractivity contribution in [1.29, 1.82) is 0 Å². The maximum Gasteiger partial charge on any atom is 0.165 e. The molecule has 0 aliphatic carbocycles. The Hall–Kier alpha value is -1.73. The molecule has 114 valence electrons. The van der Waals surface area contributed by atoms with Gasteiger partial charge in [0.2, 0.25) is 0 Å². The fourth-order valence-corrected chi connectivity index (χ4v) is 2.79. The Bertz CT molecular complexity index is 613. The number of ether oxygens (including phenoxy) is 1. The second kappa shape index (κ2) is 5.95. The number of hydrogen-bond acceptors (Lipinski definition) is 6. The molecule has 2 aromatic heterocycles. The minimum Gasteiger partial charge on any atom is -0.382 e. The van der Waals surface area contributed by atoms with Gasteiger partial charge in [-0.2, -0.15) is 0 Å². The van der Waals surface area contributed by atoms with Crippen LogP contribution in [0.1, 0.15) is 20.3 Å². The summed E-state index contributed by atoms with van der Waals surface area (Å²) in [5.41, 5.74) is 7.30. The number of nitrogens with zero attached hydrogens (tertiary/aromatic N) is 5. The number of anilines is 1. The van der Waals surface area contributed by atoms with Gasteiger partial charge in [-0.15, -0.1) is 0 Å². The van der Waals surface area contributed by atoms with Crippen LogP contribution in [0.25, 0.3) is 11.2 Å². The summed E-state index contributed by atoms with van der Waals surface area (Å²) in [4.78, 5) is 15.0. The lowest BCUT2D eigenvalue weighted by Gasteiger charge is -2.36. The van der Waals surface area contributed by atoms with Crippen molar-refractivity contribution in [3.63, 3.8) is 0 Å². The van der Waals surface area contributed by atoms with Gasteiger partial charge in [0.05, 0.1) is 19.0 Å². The first-order valence-corrected chi connectivity index (χ1v) is 7.42. The molecule has 1 fully saturated rings. The van der Waals surface area contributed by atoms with Gasteiger partial charge in [0.1, 0.15) is 11.8 Å². The van der Waals surface area contributed by atoms with Gasteiger partial charge in [-0.3, -0.25) is 4.90 Å². The summed E-state index contributed by atoms with van der Waals surface area (Å²) in [5, 5.41) is 0. The summed E-state index contributed by atoms with van der Waals surface area (Å²) in [6.07, 6.45) is 4.65. The Morgan fingerprint density at radius 1 is 1.29 bits per heavy atom. The highest BCUT2D eigenvalue weighted by Crippen LogP contribution is 2.15. The maximum atomic E-state index is 5.80. The summed E-state index contributed by atoms with van der Waals surface area (Å²) < 4.78 is 7.70. The third-order valence-corrected chi connectivity index (χ3v) is 4.01. The molecular weight excluding hydrogens is 268 g/mol. The first kappa shape index (κ1) is 14.2. The van der Waals surface area contributed by atoms with E-state index < -0.39 is 0 Å². The molecule has 2 atom stereocenters. The molecule has 21 heavy (non-hydrogen) atoms. The number of imidazole rings is 1. The van der Waals surface area contributed by atoms with Crippen LogP contribution in [-0.4, -0.2) is 56.3 Å². The van der Waals surface area contributed by atoms with Crippen molar-refractivity contribution >= 4 is 17.0 Å². The summed E-state index contributed by atoms with van der Waals surface area (Å²) in [6, 6.07) is 0.485. The summed E-state index contributed by atoms with van der Waals surface area (Å²) in [7, 11) is 0. The van der Waals surface area contributed by atoms with E-state index in [0.717, 1.165) is 38.3 Å². The van der Waals surface area contributed by atoms with Crippen LogP contribution in [0.4, 0.5) is 5.82 Å². The van der Waals surface area contributed by atoms with Crippen LogP contribution >= 0.6 is 0 Å². The quantitative estimate of drug-likeness (QED) is 0.901. The lowest BCUT2D eigenvalue weighted by Crippen LogP contribution is -2.47. The molecule has 3 heterocycles. The predicted molar refractivity (Wildman–Crippen MR) is 80.8 cm³/mol. The van der Waals surface area contributed by atoms with Gasteiger partial charge >= 0.3 is 0 Å². The van der Waals surface area contributed by atoms with E-state index in [2.05, 4.69) is 33.7 Å². The van der Waals surface area contributed by atoms with Crippen LogP contribution in [-0.2, 0) is 11.3 Å². The normalized spacial score (nSPS) is 23.7. The molecule has 0 radical (unpaired) electrons. The van der Waals surface area contributed by atoms with Gasteiger partial charge in [0.15, 0.2) is 11.5 Å². The Morgan fingerprint density at radius 3 is 3.00 bits per heavy atom. The highest BCUT2D eigenvalue weighted by atomic mass is 16.5. The second-order valence-corrected chi connectivity index (χ2v) is 5.71. The zero-order chi connectivity index (χ0) is 14.8. The van der Waals surface area contributed by atoms with Gasteiger partial charge in [-0.1, -0.05) is 0 Å². The molecule has 1 aliphatic heterocycles. The van der Waals surface area contributed by atoms with E-state index in [0.29, 0.717) is 23.5 Å². The van der Waals surface area contributed by atoms with Gasteiger partial charge in [0.25, 0.3) is 0 Å². The Morgan fingerprint density at radius 2 is 2.14 bits per heavy atom. The van der Waals surface area contributed by atoms with Crippen LogP contribution in [0.3, 0.4) is 0 Å². The zero-order valence-corrected chi connectivity index (χ0v) is 12.6. The highest BCUT2D eigenvalue weighted by molar-refractivity contribution is 5.80. The molecule has 3 rings (SSSR count). The van der Waals surface area contributed by atoms with Crippen molar-refractivity contribution in [2.45, 2.75) is 39.0 Å². The molecule has 0 spiro atoms. The standard InChI is InChI=1S/C14H22N6O/c1-10-7-21-11(2)6-19(10)4-3-5-20-9-18-12-13(15)16-8-17-14(12)20/h8-11H,3-7H2,1-2H3,(H2,15,16,17). The van der Waals surface area contributed by atoms with Gasteiger partial charge in [-0.25, -0.2) is 15.0 Å². The third kappa shape index (κ3) is 2.98. The number of aromatic nitrogens is 4. The molecule has 7 heteroatoms. The number of aryl methyl sites for hydroxylation is 1. The molecule has 0 saturated carbocycles. The van der Waals surface area contributed by atoms with E-state index in [4.69, 9.17) is 10.5 Å².